The molecule has 1 aromatic heterocycles. The van der Waals surface area contributed by atoms with Gasteiger partial charge in [-0.1, -0.05) is 0 Å². The van der Waals surface area contributed by atoms with Gasteiger partial charge in [-0.25, -0.2) is 9.37 Å². The van der Waals surface area contributed by atoms with Crippen LogP contribution < -0.4 is 0 Å². The number of Topliss-reactive ketones (excluding diaryl/α,β-unsaturated/α-hetero) is 1. The molecule has 1 aromatic carbocycles. The van der Waals surface area contributed by atoms with Crippen molar-refractivity contribution in [1.82, 2.24) is 4.98 Å². The highest BCUT2D eigenvalue weighted by atomic mass is 35.5. The van der Waals surface area contributed by atoms with Crippen molar-refractivity contribution in [3.05, 3.63) is 40.5 Å². The molecule has 0 unspecified atom stereocenters. The SMILES string of the molecule is O=C(CCl)c1nc(-c2ccc(F)cc2)cs1. The number of hydrogen-bond acceptors (Lipinski definition) is 3. The Morgan fingerprint density at radius 1 is 1.38 bits per heavy atom. The van der Waals surface area contributed by atoms with Gasteiger partial charge in [-0.2, -0.15) is 0 Å². The molecule has 16 heavy (non-hydrogen) atoms. The highest BCUT2D eigenvalue weighted by Gasteiger charge is 2.10. The summed E-state index contributed by atoms with van der Waals surface area (Å²) in [6.45, 7) is 0. The Kier molecular flexibility index (Phi) is 3.31. The summed E-state index contributed by atoms with van der Waals surface area (Å²) >= 11 is 6.67. The number of carbonyl (C=O) groups excluding carboxylic acids is 1. The first-order valence-corrected chi connectivity index (χ1v) is 5.93. The Hall–Kier alpha value is -1.26. The number of ketones is 1. The molecule has 0 amide bonds. The maximum absolute atomic E-state index is 12.7. The van der Waals surface area contributed by atoms with Gasteiger partial charge < -0.3 is 0 Å². The first kappa shape index (κ1) is 11.2. The van der Waals surface area contributed by atoms with Crippen molar-refractivity contribution < 1.29 is 9.18 Å². The van der Waals surface area contributed by atoms with E-state index in [1.165, 1.54) is 23.5 Å². The van der Waals surface area contributed by atoms with Crippen molar-refractivity contribution in [3.63, 3.8) is 0 Å². The van der Waals surface area contributed by atoms with Crippen LogP contribution in [0, 0.1) is 5.82 Å². The lowest BCUT2D eigenvalue weighted by molar-refractivity contribution is 0.102. The van der Waals surface area contributed by atoms with Gasteiger partial charge in [-0.15, -0.1) is 22.9 Å². The van der Waals surface area contributed by atoms with E-state index in [4.69, 9.17) is 11.6 Å². The minimum atomic E-state index is -0.295. The van der Waals surface area contributed by atoms with E-state index in [-0.39, 0.29) is 17.5 Å². The van der Waals surface area contributed by atoms with E-state index in [9.17, 15) is 9.18 Å². The maximum Gasteiger partial charge on any atom is 0.206 e. The molecular weight excluding hydrogens is 249 g/mol. The number of nitrogens with zero attached hydrogens (tertiary/aromatic N) is 1. The first-order chi connectivity index (χ1) is 7.70. The molecule has 0 aliphatic carbocycles. The molecule has 0 spiro atoms. The molecule has 0 aliphatic heterocycles. The molecule has 0 saturated carbocycles. The van der Waals surface area contributed by atoms with Gasteiger partial charge in [0.1, 0.15) is 5.82 Å². The largest absolute Gasteiger partial charge is 0.290 e. The van der Waals surface area contributed by atoms with Crippen LogP contribution in [0.15, 0.2) is 29.6 Å². The summed E-state index contributed by atoms with van der Waals surface area (Å²) < 4.78 is 12.7. The third kappa shape index (κ3) is 2.28. The van der Waals surface area contributed by atoms with Crippen molar-refractivity contribution in [2.75, 3.05) is 5.88 Å². The third-order valence-corrected chi connectivity index (χ3v) is 3.13. The number of thiazole rings is 1. The van der Waals surface area contributed by atoms with Crippen molar-refractivity contribution in [2.24, 2.45) is 0 Å². The molecule has 0 bridgehead atoms. The highest BCUT2D eigenvalue weighted by molar-refractivity contribution is 7.12. The van der Waals surface area contributed by atoms with Gasteiger partial charge in [0.05, 0.1) is 11.6 Å². The predicted molar refractivity (Wildman–Crippen MR) is 62.6 cm³/mol. The second kappa shape index (κ2) is 4.72. The summed E-state index contributed by atoms with van der Waals surface area (Å²) in [5, 5.41) is 2.14. The average molecular weight is 256 g/mol. The van der Waals surface area contributed by atoms with E-state index in [1.807, 2.05) is 0 Å². The number of halogens is 2. The molecule has 0 saturated heterocycles. The van der Waals surface area contributed by atoms with Gasteiger partial charge >= 0.3 is 0 Å². The van der Waals surface area contributed by atoms with Crippen LogP contribution in [-0.2, 0) is 0 Å². The predicted octanol–water partition coefficient (Wildman–Crippen LogP) is 3.37. The number of benzene rings is 1. The Labute approximate surface area is 101 Å². The number of carbonyl (C=O) groups is 1. The van der Waals surface area contributed by atoms with Gasteiger partial charge in [0, 0.05) is 10.9 Å². The quantitative estimate of drug-likeness (QED) is 0.622. The molecule has 0 aliphatic rings. The Balaban J connectivity index is 2.31. The molecule has 2 rings (SSSR count). The fourth-order valence-corrected chi connectivity index (χ4v) is 2.18. The molecular formula is C11H7ClFNOS. The monoisotopic (exact) mass is 255 g/mol. The van der Waals surface area contributed by atoms with Crippen LogP contribution in [0.5, 0.6) is 0 Å². The number of rotatable bonds is 3. The maximum atomic E-state index is 12.7. The highest BCUT2D eigenvalue weighted by Crippen LogP contribution is 2.22. The zero-order chi connectivity index (χ0) is 11.5. The summed E-state index contributed by atoms with van der Waals surface area (Å²) in [6, 6.07) is 5.97. The molecule has 1 heterocycles. The van der Waals surface area contributed by atoms with Crippen molar-refractivity contribution in [3.8, 4) is 11.3 Å². The van der Waals surface area contributed by atoms with E-state index in [2.05, 4.69) is 4.98 Å². The third-order valence-electron chi connectivity index (χ3n) is 2.00. The second-order valence-electron chi connectivity index (χ2n) is 3.10. The number of aromatic nitrogens is 1. The van der Waals surface area contributed by atoms with Gasteiger partial charge in [0.25, 0.3) is 0 Å². The minimum absolute atomic E-state index is 0.0730. The lowest BCUT2D eigenvalue weighted by Crippen LogP contribution is -1.98. The lowest BCUT2D eigenvalue weighted by Gasteiger charge is -1.95. The van der Waals surface area contributed by atoms with Crippen LogP contribution in [-0.4, -0.2) is 16.6 Å². The minimum Gasteiger partial charge on any atom is -0.290 e. The van der Waals surface area contributed by atoms with E-state index in [0.29, 0.717) is 10.7 Å². The van der Waals surface area contributed by atoms with Gasteiger partial charge in [0.2, 0.25) is 5.78 Å². The van der Waals surface area contributed by atoms with Gasteiger partial charge in [-0.3, -0.25) is 4.79 Å². The van der Waals surface area contributed by atoms with Crippen molar-refractivity contribution in [2.45, 2.75) is 0 Å². The van der Waals surface area contributed by atoms with Crippen LogP contribution >= 0.6 is 22.9 Å². The van der Waals surface area contributed by atoms with Crippen molar-refractivity contribution in [1.29, 1.82) is 0 Å². The molecule has 5 heteroatoms. The molecule has 2 nitrogen and oxygen atoms in total. The topological polar surface area (TPSA) is 30.0 Å². The molecule has 0 fully saturated rings. The smallest absolute Gasteiger partial charge is 0.206 e. The second-order valence-corrected chi connectivity index (χ2v) is 4.23. The van der Waals surface area contributed by atoms with E-state index in [0.717, 1.165) is 5.56 Å². The molecule has 0 radical (unpaired) electrons. The zero-order valence-electron chi connectivity index (χ0n) is 8.11. The fraction of sp³-hybridized carbons (Fsp3) is 0.0909. The Bertz CT molecular complexity index is 509. The summed E-state index contributed by atoms with van der Waals surface area (Å²) in [5.74, 6) is -0.563. The molecule has 0 N–H and O–H groups in total. The number of hydrogen-bond donors (Lipinski definition) is 0. The molecule has 2 aromatic rings. The van der Waals surface area contributed by atoms with Crippen LogP contribution in [0.1, 0.15) is 9.80 Å². The van der Waals surface area contributed by atoms with Crippen LogP contribution in [0.3, 0.4) is 0 Å². The standard InChI is InChI=1S/C11H7ClFNOS/c12-5-10(15)11-14-9(6-16-11)7-1-3-8(13)4-2-7/h1-4,6H,5H2. The lowest BCUT2D eigenvalue weighted by atomic mass is 10.2. The van der Waals surface area contributed by atoms with Crippen molar-refractivity contribution >= 4 is 28.7 Å². The summed E-state index contributed by atoms with van der Waals surface area (Å²) in [5.41, 5.74) is 1.45. The van der Waals surface area contributed by atoms with E-state index < -0.39 is 0 Å². The van der Waals surface area contributed by atoms with Crippen LogP contribution in [0.2, 0.25) is 0 Å². The molecule has 82 valence electrons. The summed E-state index contributed by atoms with van der Waals surface area (Å²) in [7, 11) is 0. The average Bonchev–Trinajstić information content (AvgIpc) is 2.78. The van der Waals surface area contributed by atoms with Gasteiger partial charge in [-0.05, 0) is 24.3 Å². The summed E-state index contributed by atoms with van der Waals surface area (Å²) in [4.78, 5) is 15.4. The Morgan fingerprint density at radius 3 is 2.69 bits per heavy atom. The first-order valence-electron chi connectivity index (χ1n) is 4.51. The van der Waals surface area contributed by atoms with E-state index >= 15 is 0 Å². The van der Waals surface area contributed by atoms with Gasteiger partial charge in [0.15, 0.2) is 5.01 Å². The summed E-state index contributed by atoms with van der Waals surface area (Å²) in [6.07, 6.45) is 0. The fourth-order valence-electron chi connectivity index (χ4n) is 1.21. The zero-order valence-corrected chi connectivity index (χ0v) is 9.69. The van der Waals surface area contributed by atoms with E-state index in [1.54, 1.807) is 17.5 Å². The Morgan fingerprint density at radius 2 is 2.06 bits per heavy atom. The normalized spacial score (nSPS) is 10.4. The number of alkyl halides is 1. The van der Waals surface area contributed by atoms with Crippen LogP contribution in [0.25, 0.3) is 11.3 Å². The molecule has 0 atom stereocenters. The van der Waals surface area contributed by atoms with Crippen LogP contribution in [0.4, 0.5) is 4.39 Å².